The Labute approximate surface area is 93.6 Å². The summed E-state index contributed by atoms with van der Waals surface area (Å²) in [7, 11) is 0. The van der Waals surface area contributed by atoms with Crippen molar-refractivity contribution in [1.82, 2.24) is 0 Å². The Hall–Kier alpha value is 0.480. The molecular weight excluding hydrogens is 148 g/mol. The molecule has 1 aromatic carbocycles. The van der Waals surface area contributed by atoms with Crippen molar-refractivity contribution in [2.75, 3.05) is 0 Å². The monoisotopic (exact) mass is 160 g/mol. The molecule has 0 aliphatic heterocycles. The van der Waals surface area contributed by atoms with Gasteiger partial charge in [-0.15, -0.1) is 0 Å². The van der Waals surface area contributed by atoms with Crippen LogP contribution in [0.25, 0.3) is 0 Å². The summed E-state index contributed by atoms with van der Waals surface area (Å²) in [5.74, 6) is 0. The first-order chi connectivity index (χ1) is 4.41. The average molecular weight is 160 g/mol. The van der Waals surface area contributed by atoms with Gasteiger partial charge in [0.2, 0.25) is 0 Å². The van der Waals surface area contributed by atoms with E-state index < -0.39 is 0 Å². The van der Waals surface area contributed by atoms with Crippen molar-refractivity contribution in [3.63, 3.8) is 0 Å². The molecule has 1 aromatic rings. The summed E-state index contributed by atoms with van der Waals surface area (Å²) in [6.07, 6.45) is 1.00. The Morgan fingerprint density at radius 2 is 1.60 bits per heavy atom. The zero-order valence-electron chi connectivity index (χ0n) is 6.51. The second-order valence-electron chi connectivity index (χ2n) is 1.58. The van der Waals surface area contributed by atoms with Gasteiger partial charge in [-0.1, -0.05) is 6.92 Å². The summed E-state index contributed by atoms with van der Waals surface area (Å²) in [6, 6.07) is 12.5. The molecule has 0 aliphatic carbocycles. The molecular formula is C9H12Ca. The van der Waals surface area contributed by atoms with E-state index >= 15 is 0 Å². The first-order valence-electron chi connectivity index (χ1n) is 3.12. The molecule has 0 bridgehead atoms. The summed E-state index contributed by atoms with van der Waals surface area (Å²) in [5, 5.41) is 0. The molecule has 0 aliphatic rings. The predicted molar refractivity (Wildman–Crippen MR) is 46.7 cm³/mol. The van der Waals surface area contributed by atoms with Crippen molar-refractivity contribution in [3.8, 4) is 0 Å². The van der Waals surface area contributed by atoms with Gasteiger partial charge < -0.3 is 6.92 Å². The van der Waals surface area contributed by atoms with Crippen LogP contribution < -0.4 is 0 Å². The number of benzene rings is 1. The minimum Gasteiger partial charge on any atom is -0.344 e. The van der Waals surface area contributed by atoms with Crippen molar-refractivity contribution < 1.29 is 0 Å². The Balaban J connectivity index is 0. The molecule has 0 unspecified atom stereocenters. The molecule has 50 valence electrons. The first kappa shape index (κ1) is 13.1. The van der Waals surface area contributed by atoms with Crippen molar-refractivity contribution in [2.45, 2.75) is 13.3 Å². The molecule has 0 atom stereocenters. The summed E-state index contributed by atoms with van der Waals surface area (Å²) in [5.41, 5.74) is 0. The molecule has 0 amide bonds. The van der Waals surface area contributed by atoms with E-state index in [1.54, 1.807) is 0 Å². The van der Waals surface area contributed by atoms with Crippen LogP contribution in [0.3, 0.4) is 0 Å². The number of rotatable bonds is 0. The second kappa shape index (κ2) is 12.2. The normalized spacial score (nSPS) is 6.60. The molecule has 0 N–H and O–H groups in total. The Morgan fingerprint density at radius 1 is 1.20 bits per heavy atom. The van der Waals surface area contributed by atoms with E-state index in [-0.39, 0.29) is 37.7 Å². The Bertz CT molecular complexity index is 87.6. The Kier molecular flexibility index (Phi) is 16.0. The van der Waals surface area contributed by atoms with Crippen LogP contribution >= 0.6 is 0 Å². The van der Waals surface area contributed by atoms with Crippen LogP contribution in [0.5, 0.6) is 0 Å². The Morgan fingerprint density at radius 3 is 1.70 bits per heavy atom. The third kappa shape index (κ3) is 11.3. The van der Waals surface area contributed by atoms with Crippen LogP contribution in [0, 0.1) is 13.0 Å². The summed E-state index contributed by atoms with van der Waals surface area (Å²) in [4.78, 5) is 0. The molecule has 0 saturated carbocycles. The fourth-order valence-electron chi connectivity index (χ4n) is 0.342. The molecule has 0 radical (unpaired) electrons. The van der Waals surface area contributed by atoms with E-state index in [9.17, 15) is 0 Å². The van der Waals surface area contributed by atoms with Crippen LogP contribution in [0.15, 0.2) is 30.3 Å². The molecule has 0 aromatic heterocycles. The second-order valence-corrected chi connectivity index (χ2v) is 1.58. The van der Waals surface area contributed by atoms with Gasteiger partial charge in [-0.3, -0.25) is 0 Å². The minimum atomic E-state index is 0. The molecule has 1 rings (SSSR count). The number of hydrogen-bond acceptors (Lipinski definition) is 0. The summed E-state index contributed by atoms with van der Waals surface area (Å²) >= 11 is 0. The molecule has 1 heteroatoms. The molecule has 0 saturated heterocycles. The number of hydrogen-bond donors (Lipinski definition) is 0. The van der Waals surface area contributed by atoms with Gasteiger partial charge in [-0.25, -0.2) is 0 Å². The van der Waals surface area contributed by atoms with Gasteiger partial charge in [0.25, 0.3) is 0 Å². The van der Waals surface area contributed by atoms with E-state index in [0.29, 0.717) is 0 Å². The van der Waals surface area contributed by atoms with E-state index in [0.717, 1.165) is 6.42 Å². The fourth-order valence-corrected chi connectivity index (χ4v) is 0.342. The fraction of sp³-hybridized carbons (Fsp3) is 0.222. The minimum absolute atomic E-state index is 0. The van der Waals surface area contributed by atoms with Crippen LogP contribution in [0.4, 0.5) is 0 Å². The van der Waals surface area contributed by atoms with Crippen LogP contribution in [-0.4, -0.2) is 37.7 Å². The van der Waals surface area contributed by atoms with Crippen molar-refractivity contribution >= 4 is 37.7 Å². The molecule has 0 nitrogen and oxygen atoms in total. The van der Waals surface area contributed by atoms with Gasteiger partial charge in [0.05, 0.1) is 0 Å². The van der Waals surface area contributed by atoms with Gasteiger partial charge >= 0.3 is 37.7 Å². The van der Waals surface area contributed by atoms with Gasteiger partial charge in [-0.05, 0) is 0 Å². The van der Waals surface area contributed by atoms with E-state index in [1.165, 1.54) is 0 Å². The zero-order chi connectivity index (χ0) is 6.95. The molecule has 0 fully saturated rings. The third-order valence-corrected chi connectivity index (χ3v) is 0.607. The standard InChI is InChI=1S/C6H5.C3H7.Ca/c1-2-4-6-5-3-1;1-3-2;/h1-5H;1,3H2,2H3;/q2*-1;+2. The van der Waals surface area contributed by atoms with E-state index in [2.05, 4.69) is 13.0 Å². The van der Waals surface area contributed by atoms with Crippen LogP contribution in [0.1, 0.15) is 13.3 Å². The SMILES string of the molecule is [CH2-]CC.[Ca+2].[c-]1ccccc1. The summed E-state index contributed by atoms with van der Waals surface area (Å²) < 4.78 is 0. The van der Waals surface area contributed by atoms with Gasteiger partial charge in [0.15, 0.2) is 0 Å². The largest absolute Gasteiger partial charge is 2.00 e. The zero-order valence-corrected chi connectivity index (χ0v) is 8.72. The average Bonchev–Trinajstić information content (AvgIpc) is 1.93. The van der Waals surface area contributed by atoms with Crippen molar-refractivity contribution in [2.24, 2.45) is 0 Å². The quantitative estimate of drug-likeness (QED) is 0.403. The van der Waals surface area contributed by atoms with Gasteiger partial charge in [0.1, 0.15) is 0 Å². The maximum absolute atomic E-state index is 3.49. The topological polar surface area (TPSA) is 0 Å². The predicted octanol–water partition coefficient (Wildman–Crippen LogP) is 2.34. The van der Waals surface area contributed by atoms with E-state index in [1.807, 2.05) is 37.3 Å². The van der Waals surface area contributed by atoms with Crippen molar-refractivity contribution in [1.29, 1.82) is 0 Å². The molecule has 0 spiro atoms. The third-order valence-electron chi connectivity index (χ3n) is 0.607. The maximum atomic E-state index is 3.49. The summed E-state index contributed by atoms with van der Waals surface area (Å²) in [6.45, 7) is 5.50. The van der Waals surface area contributed by atoms with Gasteiger partial charge in [0, 0.05) is 0 Å². The smallest absolute Gasteiger partial charge is 0.344 e. The van der Waals surface area contributed by atoms with Crippen molar-refractivity contribution in [3.05, 3.63) is 43.3 Å². The van der Waals surface area contributed by atoms with E-state index in [4.69, 9.17) is 0 Å². The van der Waals surface area contributed by atoms with Crippen LogP contribution in [0.2, 0.25) is 0 Å². The van der Waals surface area contributed by atoms with Crippen LogP contribution in [-0.2, 0) is 0 Å². The first-order valence-corrected chi connectivity index (χ1v) is 3.12. The molecule has 0 heterocycles. The maximum Gasteiger partial charge on any atom is 2.00 e. The van der Waals surface area contributed by atoms with Gasteiger partial charge in [-0.2, -0.15) is 42.8 Å². The molecule has 10 heavy (non-hydrogen) atoms.